The Labute approximate surface area is 414 Å². The van der Waals surface area contributed by atoms with E-state index in [1.54, 1.807) is 11.1 Å². The van der Waals surface area contributed by atoms with Crippen LogP contribution in [0.2, 0.25) is 0 Å². The van der Waals surface area contributed by atoms with Crippen LogP contribution in [0.25, 0.3) is 55.3 Å². The fraction of sp³-hybridized carbons (Fsp3) is 0.147. The van der Waals surface area contributed by atoms with Crippen LogP contribution in [0.4, 0.5) is 34.1 Å². The molecule has 10 aromatic carbocycles. The predicted octanol–water partition coefficient (Wildman–Crippen LogP) is 19.3. The maximum Gasteiger partial charge on any atom is 0.0462 e. The summed E-state index contributed by atoms with van der Waals surface area (Å²) in [6, 6.07) is 88.9. The third-order valence-electron chi connectivity index (χ3n) is 15.6. The van der Waals surface area contributed by atoms with Crippen molar-refractivity contribution in [2.24, 2.45) is 17.8 Å². The first kappa shape index (κ1) is 43.3. The maximum atomic E-state index is 2.51. The van der Waals surface area contributed by atoms with Crippen molar-refractivity contribution in [2.45, 2.75) is 45.4 Å². The van der Waals surface area contributed by atoms with Crippen LogP contribution >= 0.6 is 0 Å². The van der Waals surface area contributed by atoms with Gasteiger partial charge >= 0.3 is 0 Å². The van der Waals surface area contributed by atoms with Gasteiger partial charge in [-0.2, -0.15) is 0 Å². The molecule has 3 aliphatic carbocycles. The Kier molecular flexibility index (Phi) is 11.5. The molecule has 2 nitrogen and oxygen atoms in total. The Morgan fingerprint density at radius 3 is 1.03 bits per heavy atom. The molecule has 0 amide bonds. The molecular formula is C68H58N2. The molecule has 0 aromatic heterocycles. The van der Waals surface area contributed by atoms with E-state index in [1.165, 1.54) is 68.1 Å². The molecule has 0 saturated heterocycles. The number of para-hydroxylation sites is 3. The predicted molar refractivity (Wildman–Crippen MR) is 297 cm³/mol. The van der Waals surface area contributed by atoms with Crippen molar-refractivity contribution < 1.29 is 0 Å². The van der Waals surface area contributed by atoms with Crippen molar-refractivity contribution in [1.82, 2.24) is 0 Å². The van der Waals surface area contributed by atoms with Gasteiger partial charge in [0.05, 0.1) is 0 Å². The topological polar surface area (TPSA) is 6.48 Å². The molecule has 0 aliphatic heterocycles. The molecule has 1 saturated carbocycles. The van der Waals surface area contributed by atoms with Crippen LogP contribution in [0.5, 0.6) is 0 Å². The van der Waals surface area contributed by atoms with E-state index in [2.05, 4.69) is 273 Å². The van der Waals surface area contributed by atoms with E-state index >= 15 is 0 Å². The summed E-state index contributed by atoms with van der Waals surface area (Å²) in [5.74, 6) is 3.23. The highest BCUT2D eigenvalue weighted by Gasteiger charge is 2.46. The molecule has 0 heterocycles. The van der Waals surface area contributed by atoms with Gasteiger partial charge in [-0.1, -0.05) is 191 Å². The smallest absolute Gasteiger partial charge is 0.0462 e. The highest BCUT2D eigenvalue weighted by Crippen LogP contribution is 2.61. The van der Waals surface area contributed by atoms with E-state index in [0.717, 1.165) is 40.0 Å². The average molecular weight is 903 g/mol. The number of hydrogen-bond acceptors (Lipinski definition) is 2. The van der Waals surface area contributed by atoms with Crippen LogP contribution in [0.1, 0.15) is 56.6 Å². The molecular weight excluding hydrogens is 845 g/mol. The molecule has 0 N–H and O–H groups in total. The molecule has 340 valence electrons. The van der Waals surface area contributed by atoms with Gasteiger partial charge in [-0.3, -0.25) is 0 Å². The minimum Gasteiger partial charge on any atom is -0.311 e. The lowest BCUT2D eigenvalue weighted by atomic mass is 9.54. The van der Waals surface area contributed by atoms with Crippen LogP contribution in [-0.2, 0) is 0 Å². The van der Waals surface area contributed by atoms with Gasteiger partial charge in [-0.25, -0.2) is 0 Å². The van der Waals surface area contributed by atoms with Gasteiger partial charge < -0.3 is 9.80 Å². The Hall–Kier alpha value is -7.94. The lowest BCUT2D eigenvalue weighted by Crippen LogP contribution is -2.37. The van der Waals surface area contributed by atoms with Gasteiger partial charge in [0.1, 0.15) is 0 Å². The van der Waals surface area contributed by atoms with E-state index in [-0.39, 0.29) is 0 Å². The van der Waals surface area contributed by atoms with Gasteiger partial charge in [0.25, 0.3) is 0 Å². The molecule has 1 fully saturated rings. The lowest BCUT2D eigenvalue weighted by Gasteiger charge is -2.51. The Balaban J connectivity index is 0.867. The SMILES string of the molecule is CC(C)C1CC2c3c(-c4ccc(N(c5ccccc5)c5ccc(-c6ccc(-c7ccc(N(c8ccccc8)c8ccccc8)cc7)c7ccccc67)cc5)cc4)ccc(-c4ccccc4)c3C1CC2C. The summed E-state index contributed by atoms with van der Waals surface area (Å²) in [5, 5.41) is 2.48. The largest absolute Gasteiger partial charge is 0.311 e. The first-order valence-electron chi connectivity index (χ1n) is 25.3. The van der Waals surface area contributed by atoms with Crippen molar-refractivity contribution in [1.29, 1.82) is 0 Å². The third-order valence-corrected chi connectivity index (χ3v) is 15.6. The molecule has 2 heteroatoms. The number of rotatable bonds is 11. The molecule has 10 aromatic rings. The Morgan fingerprint density at radius 2 is 0.629 bits per heavy atom. The summed E-state index contributed by atoms with van der Waals surface area (Å²) in [6.45, 7) is 7.39. The van der Waals surface area contributed by atoms with Crippen molar-refractivity contribution in [3.05, 3.63) is 254 Å². The van der Waals surface area contributed by atoms with Crippen LogP contribution < -0.4 is 9.80 Å². The van der Waals surface area contributed by atoms with Crippen molar-refractivity contribution in [3.63, 3.8) is 0 Å². The second-order valence-electron chi connectivity index (χ2n) is 19.9. The normalized spacial score (nSPS) is 17.1. The van der Waals surface area contributed by atoms with E-state index in [1.807, 2.05) is 0 Å². The quantitative estimate of drug-likeness (QED) is 0.128. The van der Waals surface area contributed by atoms with Crippen molar-refractivity contribution in [3.8, 4) is 44.5 Å². The summed E-state index contributed by atoms with van der Waals surface area (Å²) in [7, 11) is 0. The average Bonchev–Trinajstić information content (AvgIpc) is 3.42. The molecule has 0 spiro atoms. The summed E-state index contributed by atoms with van der Waals surface area (Å²) in [5.41, 5.74) is 20.3. The Morgan fingerprint density at radius 1 is 0.314 bits per heavy atom. The first-order chi connectivity index (χ1) is 34.5. The van der Waals surface area contributed by atoms with E-state index < -0.39 is 0 Å². The molecule has 4 unspecified atom stereocenters. The van der Waals surface area contributed by atoms with Gasteiger partial charge in [0.2, 0.25) is 0 Å². The lowest BCUT2D eigenvalue weighted by molar-refractivity contribution is 0.149. The third kappa shape index (κ3) is 7.88. The number of fused-ring (bicyclic) bond motifs is 3. The number of anilines is 6. The maximum absolute atomic E-state index is 2.51. The minimum atomic E-state index is 0.571. The molecule has 2 bridgehead atoms. The highest BCUT2D eigenvalue weighted by atomic mass is 15.1. The number of hydrogen-bond donors (Lipinski definition) is 0. The zero-order valence-electron chi connectivity index (χ0n) is 40.3. The second kappa shape index (κ2) is 18.5. The first-order valence-corrected chi connectivity index (χ1v) is 25.3. The summed E-state index contributed by atoms with van der Waals surface area (Å²) in [6.07, 6.45) is 2.57. The van der Waals surface area contributed by atoms with Gasteiger partial charge in [0.15, 0.2) is 0 Å². The molecule has 3 aliphatic rings. The Bertz CT molecular complexity index is 3360. The summed E-state index contributed by atoms with van der Waals surface area (Å²) >= 11 is 0. The standard InChI is InChI=1S/C68H58N2/c1-46(2)64-45-65-47(3)44-66(64)68-60(48-18-8-4-9-19-48)42-43-61(67(65)68)51-32-38-57(39-33-51)70(54-24-14-7-15-25-54)56-36-30-50(31-37-56)59-41-40-58(62-26-16-17-27-63(59)62)49-28-34-55(35-29-49)69(52-20-10-5-11-21-52)53-22-12-6-13-23-53/h4-43,46-47,64-66H,44-45H2,1-3H3. The molecule has 4 atom stereocenters. The number of benzene rings is 10. The summed E-state index contributed by atoms with van der Waals surface area (Å²) < 4.78 is 0. The van der Waals surface area contributed by atoms with E-state index in [9.17, 15) is 0 Å². The second-order valence-corrected chi connectivity index (χ2v) is 19.9. The van der Waals surface area contributed by atoms with E-state index in [4.69, 9.17) is 0 Å². The van der Waals surface area contributed by atoms with Crippen LogP contribution in [0, 0.1) is 17.8 Å². The van der Waals surface area contributed by atoms with Crippen molar-refractivity contribution in [2.75, 3.05) is 9.80 Å². The monoisotopic (exact) mass is 902 g/mol. The summed E-state index contributed by atoms with van der Waals surface area (Å²) in [4.78, 5) is 4.70. The van der Waals surface area contributed by atoms with Crippen molar-refractivity contribution >= 4 is 44.9 Å². The molecule has 70 heavy (non-hydrogen) atoms. The fourth-order valence-corrected chi connectivity index (χ4v) is 12.3. The zero-order valence-corrected chi connectivity index (χ0v) is 40.3. The van der Waals surface area contributed by atoms with Gasteiger partial charge in [0, 0.05) is 34.1 Å². The van der Waals surface area contributed by atoms with Crippen LogP contribution in [0.3, 0.4) is 0 Å². The van der Waals surface area contributed by atoms with Crippen LogP contribution in [-0.4, -0.2) is 0 Å². The number of nitrogens with zero attached hydrogens (tertiary/aromatic N) is 2. The highest BCUT2D eigenvalue weighted by molar-refractivity contribution is 6.05. The zero-order chi connectivity index (χ0) is 47.1. The van der Waals surface area contributed by atoms with Gasteiger partial charge in [-0.15, -0.1) is 0 Å². The van der Waals surface area contributed by atoms with E-state index in [0.29, 0.717) is 23.7 Å². The molecule has 0 radical (unpaired) electrons. The molecule has 13 rings (SSSR count). The fourth-order valence-electron chi connectivity index (χ4n) is 12.3. The minimum absolute atomic E-state index is 0.571. The van der Waals surface area contributed by atoms with Crippen LogP contribution in [0.15, 0.2) is 243 Å². The van der Waals surface area contributed by atoms with Gasteiger partial charge in [-0.05, 0) is 182 Å².